The fourth-order valence-electron chi connectivity index (χ4n) is 4.24. The van der Waals surface area contributed by atoms with E-state index in [1.54, 1.807) is 37.2 Å². The molecule has 3 aromatic rings. The number of alkyl halides is 1. The highest BCUT2D eigenvalue weighted by Gasteiger charge is 2.27. The number of benzene rings is 1. The van der Waals surface area contributed by atoms with Crippen LogP contribution >= 0.6 is 0 Å². The van der Waals surface area contributed by atoms with E-state index in [4.69, 9.17) is 0 Å². The lowest BCUT2D eigenvalue weighted by Gasteiger charge is -2.24. The standard InChI is InChI=1S/C28H31F2N9/c1-16(10-29)39-14-23(37-38-39)27(21-6-7-24(30)35-17(21)2)36-20-8-18(11-31)25-22(9-20)26(19(12-32)13-33-25)34-15-28(3,4)5/h6-9,13-14,16,27,36-38H,10,15H2,1-5H3,(H,33,34)/t16-,27-/m0/s1. The zero-order valence-electron chi connectivity index (χ0n) is 22.5. The molecule has 0 aliphatic carbocycles. The van der Waals surface area contributed by atoms with Crippen molar-refractivity contribution in [2.24, 2.45) is 5.41 Å². The lowest BCUT2D eigenvalue weighted by Crippen LogP contribution is -2.43. The van der Waals surface area contributed by atoms with E-state index in [0.717, 1.165) is 0 Å². The highest BCUT2D eigenvalue weighted by molar-refractivity contribution is 5.99. The van der Waals surface area contributed by atoms with Gasteiger partial charge in [-0.1, -0.05) is 26.8 Å². The molecule has 0 radical (unpaired) electrons. The van der Waals surface area contributed by atoms with Gasteiger partial charge >= 0.3 is 0 Å². The van der Waals surface area contributed by atoms with Crippen LogP contribution in [0.1, 0.15) is 56.1 Å². The zero-order chi connectivity index (χ0) is 28.3. The number of hydrogen-bond donors (Lipinski definition) is 4. The summed E-state index contributed by atoms with van der Waals surface area (Å²) in [5.41, 5.74) is 10.1. The van der Waals surface area contributed by atoms with Crippen LogP contribution in [0.5, 0.6) is 0 Å². The maximum Gasteiger partial charge on any atom is 0.213 e. The van der Waals surface area contributed by atoms with Gasteiger partial charge in [-0.05, 0) is 37.5 Å². The minimum atomic E-state index is -0.601. The van der Waals surface area contributed by atoms with Crippen molar-refractivity contribution < 1.29 is 8.78 Å². The molecule has 4 N–H and O–H groups in total. The van der Waals surface area contributed by atoms with E-state index in [1.165, 1.54) is 12.3 Å². The van der Waals surface area contributed by atoms with Crippen LogP contribution in [0.4, 0.5) is 20.2 Å². The van der Waals surface area contributed by atoms with E-state index in [1.807, 2.05) is 6.07 Å². The molecule has 1 aliphatic rings. The Bertz CT molecular complexity index is 1500. The Morgan fingerprint density at radius 3 is 2.54 bits per heavy atom. The van der Waals surface area contributed by atoms with Crippen molar-refractivity contribution in [3.8, 4) is 12.1 Å². The lowest BCUT2D eigenvalue weighted by molar-refractivity contribution is 0.178. The topological polar surface area (TPSA) is 125 Å². The van der Waals surface area contributed by atoms with Gasteiger partial charge in [0.1, 0.15) is 18.8 Å². The second kappa shape index (κ2) is 11.1. The van der Waals surface area contributed by atoms with Crippen molar-refractivity contribution in [1.82, 2.24) is 25.9 Å². The molecule has 0 spiro atoms. The Morgan fingerprint density at radius 2 is 1.90 bits per heavy atom. The number of halogens is 2. The van der Waals surface area contributed by atoms with Gasteiger partial charge in [0.25, 0.3) is 0 Å². The molecule has 3 heterocycles. The Balaban J connectivity index is 1.84. The average molecular weight is 532 g/mol. The fourth-order valence-corrected chi connectivity index (χ4v) is 4.24. The lowest BCUT2D eigenvalue weighted by atomic mass is 9.96. The molecule has 4 rings (SSSR count). The number of anilines is 2. The summed E-state index contributed by atoms with van der Waals surface area (Å²) in [4.78, 5) is 8.39. The Morgan fingerprint density at radius 1 is 1.15 bits per heavy atom. The summed E-state index contributed by atoms with van der Waals surface area (Å²) in [5, 5.41) is 28.8. The van der Waals surface area contributed by atoms with Crippen LogP contribution < -0.4 is 21.6 Å². The highest BCUT2D eigenvalue weighted by Crippen LogP contribution is 2.35. The van der Waals surface area contributed by atoms with Crippen molar-refractivity contribution >= 4 is 22.3 Å². The summed E-state index contributed by atoms with van der Waals surface area (Å²) in [7, 11) is 0. The molecule has 9 nitrogen and oxygen atoms in total. The monoisotopic (exact) mass is 531 g/mol. The Hall–Kier alpha value is -4.48. The quantitative estimate of drug-likeness (QED) is 0.299. The molecule has 2 aromatic heterocycles. The third-order valence-corrected chi connectivity index (χ3v) is 6.34. The predicted octanol–water partition coefficient (Wildman–Crippen LogP) is 4.96. The minimum absolute atomic E-state index is 0.0648. The van der Waals surface area contributed by atoms with E-state index in [0.29, 0.717) is 56.9 Å². The van der Waals surface area contributed by atoms with Crippen LogP contribution in [0, 0.1) is 40.9 Å². The molecule has 0 fully saturated rings. The molecule has 0 saturated heterocycles. The van der Waals surface area contributed by atoms with Crippen LogP contribution in [-0.4, -0.2) is 34.2 Å². The number of rotatable bonds is 8. The van der Waals surface area contributed by atoms with Gasteiger partial charge in [0, 0.05) is 41.3 Å². The van der Waals surface area contributed by atoms with Crippen molar-refractivity contribution in [2.75, 3.05) is 23.9 Å². The molecule has 0 amide bonds. The molecule has 39 heavy (non-hydrogen) atoms. The summed E-state index contributed by atoms with van der Waals surface area (Å²) in [5.74, 6) is -0.601. The molecule has 0 saturated carbocycles. The third-order valence-electron chi connectivity index (χ3n) is 6.34. The third kappa shape index (κ3) is 6.00. The van der Waals surface area contributed by atoms with Crippen LogP contribution in [0.15, 0.2) is 42.4 Å². The second-order valence-electron chi connectivity index (χ2n) is 10.7. The summed E-state index contributed by atoms with van der Waals surface area (Å²) in [6.07, 6.45) is 3.21. The van der Waals surface area contributed by atoms with Gasteiger partial charge < -0.3 is 16.1 Å². The summed E-state index contributed by atoms with van der Waals surface area (Å²) >= 11 is 0. The van der Waals surface area contributed by atoms with E-state index in [9.17, 15) is 19.3 Å². The first kappa shape index (κ1) is 27.6. The molecule has 11 heteroatoms. The normalized spacial score (nSPS) is 14.7. The summed E-state index contributed by atoms with van der Waals surface area (Å²) < 4.78 is 27.2. The summed E-state index contributed by atoms with van der Waals surface area (Å²) in [6, 6.07) is 9.83. The smallest absolute Gasteiger partial charge is 0.213 e. The van der Waals surface area contributed by atoms with Crippen molar-refractivity contribution in [3.63, 3.8) is 0 Å². The number of pyridine rings is 2. The number of nitriles is 2. The van der Waals surface area contributed by atoms with Gasteiger partial charge in [0.2, 0.25) is 5.95 Å². The molecule has 202 valence electrons. The van der Waals surface area contributed by atoms with E-state index >= 15 is 0 Å². The average Bonchev–Trinajstić information content (AvgIpc) is 3.39. The zero-order valence-corrected chi connectivity index (χ0v) is 22.5. The van der Waals surface area contributed by atoms with Gasteiger partial charge in [0.15, 0.2) is 0 Å². The molecule has 2 atom stereocenters. The van der Waals surface area contributed by atoms with Gasteiger partial charge in [-0.25, -0.2) is 9.37 Å². The van der Waals surface area contributed by atoms with Gasteiger partial charge in [-0.3, -0.25) is 9.99 Å². The Kier molecular flexibility index (Phi) is 7.84. The SMILES string of the molecule is Cc1nc(F)ccc1[C@H](Nc1cc(C#N)c2ncc(C#N)c(NCC(C)(C)C)c2c1)C1=CN([C@@H](C)CF)NN1. The van der Waals surface area contributed by atoms with Crippen molar-refractivity contribution in [2.45, 2.75) is 46.7 Å². The minimum Gasteiger partial charge on any atom is -0.383 e. The number of hydrogen-bond acceptors (Lipinski definition) is 9. The second-order valence-corrected chi connectivity index (χ2v) is 10.7. The number of nitrogens with zero attached hydrogens (tertiary/aromatic N) is 5. The van der Waals surface area contributed by atoms with Gasteiger partial charge in [-0.15, -0.1) is 5.53 Å². The number of fused-ring (bicyclic) bond motifs is 1. The predicted molar refractivity (Wildman–Crippen MR) is 146 cm³/mol. The van der Waals surface area contributed by atoms with Crippen LogP contribution in [0.3, 0.4) is 0 Å². The van der Waals surface area contributed by atoms with Crippen LogP contribution in [0.25, 0.3) is 10.9 Å². The van der Waals surface area contributed by atoms with Gasteiger partial charge in [-0.2, -0.15) is 14.9 Å². The van der Waals surface area contributed by atoms with Crippen molar-refractivity contribution in [1.29, 1.82) is 10.5 Å². The molecule has 0 bridgehead atoms. The molecule has 0 unspecified atom stereocenters. The van der Waals surface area contributed by atoms with Gasteiger partial charge in [0.05, 0.1) is 40.1 Å². The van der Waals surface area contributed by atoms with Crippen LogP contribution in [-0.2, 0) is 0 Å². The maximum atomic E-state index is 13.9. The molecule has 1 aliphatic heterocycles. The number of aryl methyl sites for hydroxylation is 1. The fraction of sp³-hybridized carbons (Fsp3) is 0.357. The molecular formula is C28H31F2N9. The van der Waals surface area contributed by atoms with E-state index in [-0.39, 0.29) is 5.41 Å². The number of nitrogens with one attached hydrogen (secondary N) is 4. The first-order chi connectivity index (χ1) is 18.5. The van der Waals surface area contributed by atoms with Crippen LogP contribution in [0.2, 0.25) is 0 Å². The largest absolute Gasteiger partial charge is 0.383 e. The van der Waals surface area contributed by atoms with E-state index in [2.05, 4.69) is 64.5 Å². The first-order valence-electron chi connectivity index (χ1n) is 12.5. The Labute approximate surface area is 226 Å². The molecular weight excluding hydrogens is 500 g/mol. The highest BCUT2D eigenvalue weighted by atomic mass is 19.1. The number of hydrazine groups is 2. The first-order valence-corrected chi connectivity index (χ1v) is 12.5. The molecule has 1 aromatic carbocycles. The maximum absolute atomic E-state index is 13.9. The number of aromatic nitrogens is 2. The summed E-state index contributed by atoms with van der Waals surface area (Å²) in [6.45, 7) is 9.70. The van der Waals surface area contributed by atoms with Crippen molar-refractivity contribution in [3.05, 3.63) is 70.7 Å². The van der Waals surface area contributed by atoms with E-state index < -0.39 is 24.7 Å².